The summed E-state index contributed by atoms with van der Waals surface area (Å²) in [5.41, 5.74) is 4.04. The first-order valence-corrected chi connectivity index (χ1v) is 13.1. The molecule has 1 fully saturated rings. The van der Waals surface area contributed by atoms with Gasteiger partial charge in [-0.15, -0.1) is 0 Å². The molecule has 0 atom stereocenters. The van der Waals surface area contributed by atoms with Crippen LogP contribution in [0.2, 0.25) is 0 Å². The van der Waals surface area contributed by atoms with Gasteiger partial charge in [0.05, 0.1) is 11.4 Å². The molecule has 6 heteroatoms. The third kappa shape index (κ3) is 4.90. The first kappa shape index (κ1) is 24.8. The minimum Gasteiger partial charge on any atom is -0.337 e. The largest absolute Gasteiger partial charge is 0.337 e. The zero-order valence-corrected chi connectivity index (χ0v) is 22.2. The highest BCUT2D eigenvalue weighted by atomic mass is 79.9. The van der Waals surface area contributed by atoms with E-state index < -0.39 is 0 Å². The molecular weight excluding hydrogens is 464 g/mol. The number of amides is 1. The van der Waals surface area contributed by atoms with Gasteiger partial charge in [0.25, 0.3) is 5.91 Å². The predicted octanol–water partition coefficient (Wildman–Crippen LogP) is 6.91. The Kier molecular flexibility index (Phi) is 8.43. The van der Waals surface area contributed by atoms with E-state index in [2.05, 4.69) is 69.3 Å². The molecule has 1 aliphatic heterocycles. The van der Waals surface area contributed by atoms with Gasteiger partial charge in [0.1, 0.15) is 5.69 Å². The number of fused-ring (bicyclic) bond motifs is 1. The van der Waals surface area contributed by atoms with Crippen molar-refractivity contribution in [2.75, 3.05) is 24.5 Å². The van der Waals surface area contributed by atoms with Crippen LogP contribution in [0.1, 0.15) is 88.0 Å². The van der Waals surface area contributed by atoms with E-state index in [0.717, 1.165) is 60.1 Å². The van der Waals surface area contributed by atoms with Crippen LogP contribution in [0.25, 0.3) is 0 Å². The zero-order chi connectivity index (χ0) is 23.4. The maximum Gasteiger partial charge on any atom is 0.272 e. The number of benzene rings is 1. The Morgan fingerprint density at radius 2 is 1.97 bits per heavy atom. The lowest BCUT2D eigenvalue weighted by Crippen LogP contribution is -2.39. The number of aryl methyl sites for hydroxylation is 1. The molecule has 1 aromatic heterocycles. The van der Waals surface area contributed by atoms with E-state index >= 15 is 0 Å². The molecule has 2 aliphatic rings. The Morgan fingerprint density at radius 3 is 2.53 bits per heavy atom. The van der Waals surface area contributed by atoms with Crippen LogP contribution in [0.3, 0.4) is 0 Å². The SMILES string of the molecule is CC.CCCN(CC1CCC1)C(=O)c1c(C)nc2n1CCN2c1ccc(C(C)C)cc1Br. The molecule has 0 spiro atoms. The third-order valence-corrected chi connectivity index (χ3v) is 7.16. The van der Waals surface area contributed by atoms with Crippen molar-refractivity contribution >= 4 is 33.5 Å². The Hall–Kier alpha value is -1.82. The molecule has 1 aliphatic carbocycles. The lowest BCUT2D eigenvalue weighted by Gasteiger charge is -2.32. The van der Waals surface area contributed by atoms with Crippen molar-refractivity contribution in [2.45, 2.75) is 79.7 Å². The number of rotatable bonds is 7. The highest BCUT2D eigenvalue weighted by Crippen LogP contribution is 2.38. The van der Waals surface area contributed by atoms with Gasteiger partial charge in [-0.1, -0.05) is 47.1 Å². The van der Waals surface area contributed by atoms with Gasteiger partial charge in [0.15, 0.2) is 0 Å². The molecule has 0 radical (unpaired) electrons. The summed E-state index contributed by atoms with van der Waals surface area (Å²) in [4.78, 5) is 22.7. The highest BCUT2D eigenvalue weighted by Gasteiger charge is 2.33. The number of hydrogen-bond acceptors (Lipinski definition) is 3. The lowest BCUT2D eigenvalue weighted by atomic mass is 9.85. The van der Waals surface area contributed by atoms with Crippen molar-refractivity contribution in [1.29, 1.82) is 0 Å². The summed E-state index contributed by atoms with van der Waals surface area (Å²) >= 11 is 3.76. The van der Waals surface area contributed by atoms with E-state index in [1.807, 2.05) is 20.8 Å². The average molecular weight is 504 g/mol. The summed E-state index contributed by atoms with van der Waals surface area (Å²) in [5.74, 6) is 2.20. The van der Waals surface area contributed by atoms with Crippen LogP contribution >= 0.6 is 15.9 Å². The van der Waals surface area contributed by atoms with Crippen molar-refractivity contribution in [3.8, 4) is 0 Å². The highest BCUT2D eigenvalue weighted by molar-refractivity contribution is 9.10. The van der Waals surface area contributed by atoms with Crippen molar-refractivity contribution in [1.82, 2.24) is 14.5 Å². The molecule has 1 aromatic carbocycles. The molecule has 176 valence electrons. The number of carbonyl (C=O) groups is 1. The van der Waals surface area contributed by atoms with E-state index in [4.69, 9.17) is 4.98 Å². The molecule has 1 amide bonds. The molecule has 4 rings (SSSR count). The number of anilines is 2. The van der Waals surface area contributed by atoms with E-state index in [-0.39, 0.29) is 5.91 Å². The molecule has 2 heterocycles. The number of nitrogens with zero attached hydrogens (tertiary/aromatic N) is 4. The van der Waals surface area contributed by atoms with E-state index in [1.165, 1.54) is 24.8 Å². The van der Waals surface area contributed by atoms with Gasteiger partial charge in [0.2, 0.25) is 5.95 Å². The second-order valence-corrected chi connectivity index (χ2v) is 9.92. The van der Waals surface area contributed by atoms with Crippen molar-refractivity contribution in [3.63, 3.8) is 0 Å². The standard InChI is InChI=1S/C24H33BrN4O.C2H6/c1-5-11-27(15-18-7-6-8-18)23(30)22-17(4)26-24-28(12-13-29(22)24)21-10-9-19(16(2)3)14-20(21)25;1-2/h9-10,14,16,18H,5-8,11-13,15H2,1-4H3;1-2H3. The number of aromatic nitrogens is 2. The summed E-state index contributed by atoms with van der Waals surface area (Å²) in [6.07, 6.45) is 4.80. The first-order chi connectivity index (χ1) is 15.4. The average Bonchev–Trinajstić information content (AvgIpc) is 3.28. The van der Waals surface area contributed by atoms with E-state index in [1.54, 1.807) is 0 Å². The first-order valence-electron chi connectivity index (χ1n) is 12.3. The van der Waals surface area contributed by atoms with Crippen LogP contribution in [0, 0.1) is 12.8 Å². The minimum absolute atomic E-state index is 0.149. The van der Waals surface area contributed by atoms with Crippen LogP contribution in [0.4, 0.5) is 11.6 Å². The lowest BCUT2D eigenvalue weighted by molar-refractivity contribution is 0.0684. The molecule has 0 saturated heterocycles. The number of halogens is 1. The molecular formula is C26H39BrN4O. The fourth-order valence-electron chi connectivity index (χ4n) is 4.56. The normalized spacial score (nSPS) is 15.3. The van der Waals surface area contributed by atoms with Crippen LogP contribution in [-0.4, -0.2) is 40.0 Å². The van der Waals surface area contributed by atoms with Gasteiger partial charge >= 0.3 is 0 Å². The van der Waals surface area contributed by atoms with Gasteiger partial charge in [-0.3, -0.25) is 4.79 Å². The smallest absolute Gasteiger partial charge is 0.272 e. The van der Waals surface area contributed by atoms with Crippen LogP contribution in [0.15, 0.2) is 22.7 Å². The number of carbonyl (C=O) groups excluding carboxylic acids is 1. The summed E-state index contributed by atoms with van der Waals surface area (Å²) < 4.78 is 3.21. The fourth-order valence-corrected chi connectivity index (χ4v) is 5.17. The molecule has 0 unspecified atom stereocenters. The van der Waals surface area contributed by atoms with Crippen LogP contribution in [-0.2, 0) is 6.54 Å². The Balaban J connectivity index is 0.00000141. The fraction of sp³-hybridized carbons (Fsp3) is 0.615. The Labute approximate surface area is 202 Å². The molecule has 5 nitrogen and oxygen atoms in total. The summed E-state index contributed by atoms with van der Waals surface area (Å²) in [7, 11) is 0. The second-order valence-electron chi connectivity index (χ2n) is 9.06. The van der Waals surface area contributed by atoms with Crippen LogP contribution < -0.4 is 4.90 Å². The van der Waals surface area contributed by atoms with Crippen LogP contribution in [0.5, 0.6) is 0 Å². The van der Waals surface area contributed by atoms with Gasteiger partial charge < -0.3 is 14.4 Å². The zero-order valence-electron chi connectivity index (χ0n) is 20.6. The Morgan fingerprint density at radius 1 is 1.25 bits per heavy atom. The van der Waals surface area contributed by atoms with Crippen molar-refractivity contribution in [3.05, 3.63) is 39.6 Å². The van der Waals surface area contributed by atoms with Crippen molar-refractivity contribution in [2.24, 2.45) is 5.92 Å². The van der Waals surface area contributed by atoms with Gasteiger partial charge in [-0.25, -0.2) is 4.98 Å². The predicted molar refractivity (Wildman–Crippen MR) is 137 cm³/mol. The monoisotopic (exact) mass is 502 g/mol. The molecule has 2 aromatic rings. The molecule has 32 heavy (non-hydrogen) atoms. The number of imidazole rings is 1. The molecule has 1 saturated carbocycles. The maximum atomic E-state index is 13.5. The summed E-state index contributed by atoms with van der Waals surface area (Å²) in [5, 5.41) is 0. The summed E-state index contributed by atoms with van der Waals surface area (Å²) in [6, 6.07) is 6.56. The summed E-state index contributed by atoms with van der Waals surface area (Å²) in [6.45, 7) is 15.9. The molecule has 0 bridgehead atoms. The van der Waals surface area contributed by atoms with E-state index in [0.29, 0.717) is 11.8 Å². The minimum atomic E-state index is 0.149. The Bertz CT molecular complexity index is 932. The topological polar surface area (TPSA) is 41.4 Å². The third-order valence-electron chi connectivity index (χ3n) is 6.53. The second kappa shape index (κ2) is 10.9. The van der Waals surface area contributed by atoms with Gasteiger partial charge in [-0.2, -0.15) is 0 Å². The van der Waals surface area contributed by atoms with E-state index in [9.17, 15) is 4.79 Å². The van der Waals surface area contributed by atoms with Crippen molar-refractivity contribution < 1.29 is 4.79 Å². The van der Waals surface area contributed by atoms with Gasteiger partial charge in [-0.05, 0) is 71.6 Å². The molecule has 0 N–H and O–H groups in total. The van der Waals surface area contributed by atoms with Gasteiger partial charge in [0, 0.05) is 30.7 Å². The maximum absolute atomic E-state index is 13.5. The quantitative estimate of drug-likeness (QED) is 0.412. The number of hydrogen-bond donors (Lipinski definition) is 0.